The van der Waals surface area contributed by atoms with Crippen LogP contribution in [0.1, 0.15) is 48.4 Å². The second-order valence-electron chi connectivity index (χ2n) is 5.31. The predicted octanol–water partition coefficient (Wildman–Crippen LogP) is 2.60. The molecule has 24 heavy (non-hydrogen) atoms. The lowest BCUT2D eigenvalue weighted by atomic mass is 10.1. The van der Waals surface area contributed by atoms with E-state index in [0.717, 1.165) is 26.2 Å². The first kappa shape index (κ1) is 20.1. The molecule has 0 spiro atoms. The van der Waals surface area contributed by atoms with E-state index in [1.807, 2.05) is 37.5 Å². The topological polar surface area (TPSA) is 59.1 Å². The molecule has 134 valence electrons. The Morgan fingerprint density at radius 1 is 0.792 bits per heavy atom. The smallest absolute Gasteiger partial charge is 0.339 e. The van der Waals surface area contributed by atoms with Crippen LogP contribution in [-0.2, 0) is 9.47 Å². The van der Waals surface area contributed by atoms with Crippen molar-refractivity contribution in [1.82, 2.24) is 9.80 Å². The summed E-state index contributed by atoms with van der Waals surface area (Å²) in [6, 6.07) is 6.43. The lowest BCUT2D eigenvalue weighted by Gasteiger charge is -2.18. The summed E-state index contributed by atoms with van der Waals surface area (Å²) in [5.41, 5.74) is 0.693. The maximum Gasteiger partial charge on any atom is 0.339 e. The Labute approximate surface area is 144 Å². The van der Waals surface area contributed by atoms with Crippen LogP contribution in [0.15, 0.2) is 24.3 Å². The van der Waals surface area contributed by atoms with Gasteiger partial charge in [0.25, 0.3) is 0 Å². The first-order chi connectivity index (χ1) is 11.5. The van der Waals surface area contributed by atoms with Crippen LogP contribution in [0.5, 0.6) is 0 Å². The highest BCUT2D eigenvalue weighted by Crippen LogP contribution is 2.09. The first-order valence-electron chi connectivity index (χ1n) is 8.44. The molecule has 0 bridgehead atoms. The molecular weight excluding hydrogens is 308 g/mol. The number of hydrogen-bond acceptors (Lipinski definition) is 6. The van der Waals surface area contributed by atoms with Crippen molar-refractivity contribution >= 4 is 11.9 Å². The van der Waals surface area contributed by atoms with Crippen molar-refractivity contribution in [1.29, 1.82) is 0 Å². The molecule has 0 amide bonds. The molecule has 0 N–H and O–H groups in total. The van der Waals surface area contributed by atoms with Crippen molar-refractivity contribution in [3.8, 4) is 0 Å². The minimum Gasteiger partial charge on any atom is -0.446 e. The standard InChI is InChI=1S/C18H28N2O4/c1-5-19(6-2)13-23-17(21)15-10-9-11-16(12-15)18(22)24-14-20(7-3)8-4/h9-12H,5-8,13-14H2,1-4H3. The summed E-state index contributed by atoms with van der Waals surface area (Å²) in [6.45, 7) is 11.7. The third kappa shape index (κ3) is 6.29. The Balaban J connectivity index is 2.65. The maximum atomic E-state index is 12.1. The first-order valence-corrected chi connectivity index (χ1v) is 8.44. The van der Waals surface area contributed by atoms with E-state index in [2.05, 4.69) is 0 Å². The van der Waals surface area contributed by atoms with Crippen molar-refractivity contribution in [2.45, 2.75) is 27.7 Å². The highest BCUT2D eigenvalue weighted by Gasteiger charge is 2.14. The van der Waals surface area contributed by atoms with E-state index in [-0.39, 0.29) is 13.5 Å². The number of nitrogens with zero attached hydrogens (tertiary/aromatic N) is 2. The van der Waals surface area contributed by atoms with E-state index in [1.165, 1.54) is 6.07 Å². The van der Waals surface area contributed by atoms with Crippen LogP contribution >= 0.6 is 0 Å². The molecule has 1 aromatic carbocycles. The molecule has 0 saturated carbocycles. The normalized spacial score (nSPS) is 10.9. The molecule has 0 aliphatic rings. The third-order valence-electron chi connectivity index (χ3n) is 3.88. The summed E-state index contributed by atoms with van der Waals surface area (Å²) < 4.78 is 10.5. The molecule has 6 nitrogen and oxygen atoms in total. The molecule has 0 radical (unpaired) electrons. The highest BCUT2D eigenvalue weighted by atomic mass is 16.5. The molecule has 0 aliphatic carbocycles. The number of rotatable bonds is 10. The van der Waals surface area contributed by atoms with Gasteiger partial charge in [-0.1, -0.05) is 33.8 Å². The minimum absolute atomic E-state index is 0.239. The fourth-order valence-corrected chi connectivity index (χ4v) is 2.05. The quantitative estimate of drug-likeness (QED) is 0.483. The summed E-state index contributed by atoms with van der Waals surface area (Å²) in [4.78, 5) is 28.2. The second kappa shape index (κ2) is 10.8. The average Bonchev–Trinajstić information content (AvgIpc) is 2.63. The fourth-order valence-electron chi connectivity index (χ4n) is 2.05. The molecule has 0 aliphatic heterocycles. The van der Waals surface area contributed by atoms with Crippen LogP contribution in [0, 0.1) is 0 Å². The van der Waals surface area contributed by atoms with Gasteiger partial charge in [-0.05, 0) is 44.4 Å². The molecule has 0 aromatic heterocycles. The summed E-state index contributed by atoms with van der Waals surface area (Å²) in [5.74, 6) is -0.888. The summed E-state index contributed by atoms with van der Waals surface area (Å²) in [5, 5.41) is 0. The Bertz CT molecular complexity index is 482. The summed E-state index contributed by atoms with van der Waals surface area (Å²) in [6.07, 6.45) is 0. The van der Waals surface area contributed by atoms with Gasteiger partial charge in [-0.2, -0.15) is 0 Å². The Morgan fingerprint density at radius 3 is 1.50 bits per heavy atom. The van der Waals surface area contributed by atoms with E-state index in [4.69, 9.17) is 9.47 Å². The van der Waals surface area contributed by atoms with E-state index in [9.17, 15) is 9.59 Å². The number of ether oxygens (including phenoxy) is 2. The van der Waals surface area contributed by atoms with Gasteiger partial charge in [0.15, 0.2) is 0 Å². The van der Waals surface area contributed by atoms with E-state index in [1.54, 1.807) is 18.2 Å². The number of esters is 2. The van der Waals surface area contributed by atoms with Gasteiger partial charge in [0, 0.05) is 0 Å². The Kier molecular flexibility index (Phi) is 9.04. The van der Waals surface area contributed by atoms with Gasteiger partial charge in [-0.3, -0.25) is 9.80 Å². The molecule has 0 heterocycles. The molecule has 0 unspecified atom stereocenters. The molecule has 1 aromatic rings. The summed E-state index contributed by atoms with van der Waals surface area (Å²) in [7, 11) is 0. The van der Waals surface area contributed by atoms with Crippen molar-refractivity contribution < 1.29 is 19.1 Å². The molecule has 0 atom stereocenters. The van der Waals surface area contributed by atoms with Crippen molar-refractivity contribution in [3.05, 3.63) is 35.4 Å². The third-order valence-corrected chi connectivity index (χ3v) is 3.88. The SMILES string of the molecule is CCN(CC)COC(=O)c1cccc(C(=O)OCN(CC)CC)c1. The molecular formula is C18H28N2O4. The van der Waals surface area contributed by atoms with Gasteiger partial charge in [0.1, 0.15) is 13.5 Å². The van der Waals surface area contributed by atoms with Gasteiger partial charge in [-0.15, -0.1) is 0 Å². The zero-order valence-electron chi connectivity index (χ0n) is 15.1. The lowest BCUT2D eigenvalue weighted by Crippen LogP contribution is -2.28. The van der Waals surface area contributed by atoms with Crippen LogP contribution in [0.25, 0.3) is 0 Å². The van der Waals surface area contributed by atoms with Gasteiger partial charge in [0.05, 0.1) is 11.1 Å². The molecule has 6 heteroatoms. The van der Waals surface area contributed by atoms with Crippen LogP contribution in [0.3, 0.4) is 0 Å². The number of carbonyl (C=O) groups is 2. The second-order valence-corrected chi connectivity index (χ2v) is 5.31. The highest BCUT2D eigenvalue weighted by molar-refractivity contribution is 5.95. The summed E-state index contributed by atoms with van der Waals surface area (Å²) >= 11 is 0. The average molecular weight is 336 g/mol. The molecule has 1 rings (SSSR count). The van der Waals surface area contributed by atoms with Gasteiger partial charge in [-0.25, -0.2) is 9.59 Å². The zero-order chi connectivity index (χ0) is 17.9. The number of carbonyl (C=O) groups excluding carboxylic acids is 2. The zero-order valence-corrected chi connectivity index (χ0v) is 15.1. The Hall–Kier alpha value is -1.92. The maximum absolute atomic E-state index is 12.1. The largest absolute Gasteiger partial charge is 0.446 e. The van der Waals surface area contributed by atoms with Gasteiger partial charge < -0.3 is 9.47 Å². The van der Waals surface area contributed by atoms with E-state index < -0.39 is 11.9 Å². The van der Waals surface area contributed by atoms with Crippen molar-refractivity contribution in [2.75, 3.05) is 39.6 Å². The van der Waals surface area contributed by atoms with Gasteiger partial charge >= 0.3 is 11.9 Å². The van der Waals surface area contributed by atoms with Crippen molar-refractivity contribution in [2.24, 2.45) is 0 Å². The monoisotopic (exact) mass is 336 g/mol. The number of hydrogen-bond donors (Lipinski definition) is 0. The minimum atomic E-state index is -0.444. The van der Waals surface area contributed by atoms with Crippen LogP contribution in [0.4, 0.5) is 0 Å². The van der Waals surface area contributed by atoms with Crippen LogP contribution in [-0.4, -0.2) is 61.4 Å². The van der Waals surface area contributed by atoms with Crippen molar-refractivity contribution in [3.63, 3.8) is 0 Å². The fraction of sp³-hybridized carbons (Fsp3) is 0.556. The van der Waals surface area contributed by atoms with Crippen LogP contribution in [0.2, 0.25) is 0 Å². The Morgan fingerprint density at radius 2 is 1.17 bits per heavy atom. The van der Waals surface area contributed by atoms with Crippen LogP contribution < -0.4 is 0 Å². The molecule has 0 saturated heterocycles. The predicted molar refractivity (Wildman–Crippen MR) is 92.8 cm³/mol. The lowest BCUT2D eigenvalue weighted by molar-refractivity contribution is 0.0238. The molecule has 0 fully saturated rings. The van der Waals surface area contributed by atoms with Gasteiger partial charge in [0.2, 0.25) is 0 Å². The number of benzene rings is 1. The van der Waals surface area contributed by atoms with E-state index in [0.29, 0.717) is 11.1 Å². The van der Waals surface area contributed by atoms with E-state index >= 15 is 0 Å².